The molecule has 0 spiro atoms. The molecular weight excluding hydrogens is 510 g/mol. The van der Waals surface area contributed by atoms with Gasteiger partial charge < -0.3 is 0 Å². The van der Waals surface area contributed by atoms with Gasteiger partial charge in [-0.05, 0) is 0 Å². The molecule has 0 N–H and O–H groups in total. The van der Waals surface area contributed by atoms with Crippen LogP contribution in [0.15, 0.2) is 36.4 Å². The number of nitro benzene ring substituents is 2. The van der Waals surface area contributed by atoms with Crippen molar-refractivity contribution < 1.29 is 23.4 Å². The van der Waals surface area contributed by atoms with Crippen LogP contribution in [0.25, 0.3) is 0 Å². The average Bonchev–Trinajstić information content (AvgIpc) is 2.65. The predicted octanol–water partition coefficient (Wildman–Crippen LogP) is 5.01. The van der Waals surface area contributed by atoms with Gasteiger partial charge in [0.15, 0.2) is 0 Å². The lowest BCUT2D eigenvalue weighted by atomic mass is 9.85. The molecule has 2 atom stereocenters. The number of benzene rings is 2. The fourth-order valence-corrected chi connectivity index (χ4v) is 4.10. The van der Waals surface area contributed by atoms with E-state index in [1.807, 2.05) is 0 Å². The lowest BCUT2D eigenvalue weighted by Crippen LogP contribution is -2.25. The number of hydrogen-bond acceptors (Lipinski definition) is 5. The molecule has 0 aliphatic carbocycles. The molecule has 2 aromatic carbocycles. The summed E-state index contributed by atoms with van der Waals surface area (Å²) in [5.41, 5.74) is -2.00. The highest BCUT2D eigenvalue weighted by atomic mass is 79.9. The lowest BCUT2D eigenvalue weighted by molar-refractivity contribution is -0.387. The van der Waals surface area contributed by atoms with E-state index in [-0.39, 0.29) is 21.8 Å². The van der Waals surface area contributed by atoms with E-state index in [9.17, 15) is 33.8 Å². The molecule has 0 saturated heterocycles. The molecule has 0 aliphatic heterocycles. The highest BCUT2D eigenvalue weighted by Crippen LogP contribution is 2.35. The van der Waals surface area contributed by atoms with Crippen molar-refractivity contribution >= 4 is 49.0 Å². The molecule has 28 heavy (non-hydrogen) atoms. The van der Waals surface area contributed by atoms with Crippen LogP contribution in [-0.2, 0) is 4.79 Å². The molecule has 7 nitrogen and oxygen atoms in total. The molecule has 0 aromatic heterocycles. The van der Waals surface area contributed by atoms with Crippen LogP contribution in [0.2, 0.25) is 0 Å². The van der Waals surface area contributed by atoms with E-state index in [2.05, 4.69) is 31.9 Å². The molecule has 0 fully saturated rings. The maximum absolute atomic E-state index is 14.5. The number of carbonyl (C=O) groups is 1. The normalized spacial score (nSPS) is 13.0. The Hall–Kier alpha value is -2.27. The van der Waals surface area contributed by atoms with Gasteiger partial charge in [0.1, 0.15) is 5.78 Å². The minimum atomic E-state index is -1.17. The smallest absolute Gasteiger partial charge is 0.298 e. The van der Waals surface area contributed by atoms with Crippen molar-refractivity contribution in [2.75, 3.05) is 10.7 Å². The van der Waals surface area contributed by atoms with Gasteiger partial charge in [0.05, 0.1) is 21.7 Å². The summed E-state index contributed by atoms with van der Waals surface area (Å²) in [6.07, 6.45) is 0. The molecule has 0 amide bonds. The standard InChI is InChI=1S/C17H12Br2F2N2O5/c18-7-11(9-3-1-5-13(15(9)20)22(25)26)17(24)12(8-19)10-4-2-6-14(16(10)21)23(27)28/h1-6,11-12H,7-8H2. The minimum absolute atomic E-state index is 0.0794. The Morgan fingerprint density at radius 3 is 1.50 bits per heavy atom. The van der Waals surface area contributed by atoms with Crippen LogP contribution in [0, 0.1) is 31.9 Å². The van der Waals surface area contributed by atoms with E-state index in [0.717, 1.165) is 12.1 Å². The van der Waals surface area contributed by atoms with Gasteiger partial charge in [-0.2, -0.15) is 8.78 Å². The van der Waals surface area contributed by atoms with Crippen molar-refractivity contribution in [1.29, 1.82) is 0 Å². The molecule has 0 bridgehead atoms. The monoisotopic (exact) mass is 520 g/mol. The van der Waals surface area contributed by atoms with E-state index in [4.69, 9.17) is 0 Å². The first-order chi connectivity index (χ1) is 13.2. The fraction of sp³-hybridized carbons (Fsp3) is 0.235. The molecule has 0 saturated carbocycles. The first-order valence-corrected chi connectivity index (χ1v) is 10.00. The van der Waals surface area contributed by atoms with Gasteiger partial charge in [-0.3, -0.25) is 25.0 Å². The van der Waals surface area contributed by atoms with Gasteiger partial charge in [0.2, 0.25) is 11.6 Å². The molecule has 2 aromatic rings. The Kier molecular flexibility index (Phi) is 7.30. The van der Waals surface area contributed by atoms with Crippen LogP contribution in [0.1, 0.15) is 23.0 Å². The Labute approximate surface area is 174 Å². The second kappa shape index (κ2) is 9.28. The molecule has 148 valence electrons. The first kappa shape index (κ1) is 22.0. The third kappa shape index (κ3) is 4.25. The zero-order valence-corrected chi connectivity index (χ0v) is 17.2. The maximum atomic E-state index is 14.5. The number of ketones is 1. The molecule has 0 heterocycles. The number of hydrogen-bond donors (Lipinski definition) is 0. The maximum Gasteiger partial charge on any atom is 0.305 e. The van der Waals surface area contributed by atoms with Gasteiger partial charge in [-0.1, -0.05) is 56.1 Å². The number of Topliss-reactive ketones (excluding diaryl/α,β-unsaturated/α-hetero) is 1. The van der Waals surface area contributed by atoms with Crippen molar-refractivity contribution in [2.45, 2.75) is 11.8 Å². The third-order valence-electron chi connectivity index (χ3n) is 4.16. The van der Waals surface area contributed by atoms with Crippen LogP contribution in [0.4, 0.5) is 20.2 Å². The Morgan fingerprint density at radius 1 is 0.857 bits per heavy atom. The average molecular weight is 522 g/mol. The summed E-state index contributed by atoms with van der Waals surface area (Å²) >= 11 is 6.20. The van der Waals surface area contributed by atoms with Crippen molar-refractivity contribution in [3.05, 3.63) is 79.4 Å². The number of halogens is 4. The van der Waals surface area contributed by atoms with Crippen molar-refractivity contribution in [3.63, 3.8) is 0 Å². The zero-order chi connectivity index (χ0) is 21.0. The number of nitrogens with zero attached hydrogens (tertiary/aromatic N) is 2. The molecule has 0 aliphatic rings. The van der Waals surface area contributed by atoms with Gasteiger partial charge in [-0.15, -0.1) is 0 Å². The van der Waals surface area contributed by atoms with Gasteiger partial charge in [-0.25, -0.2) is 0 Å². The second-order valence-electron chi connectivity index (χ2n) is 5.69. The van der Waals surface area contributed by atoms with Crippen LogP contribution >= 0.6 is 31.9 Å². The number of nitro groups is 2. The highest BCUT2D eigenvalue weighted by Gasteiger charge is 2.34. The molecule has 2 rings (SSSR count). The predicted molar refractivity (Wildman–Crippen MR) is 104 cm³/mol. The summed E-state index contributed by atoms with van der Waals surface area (Å²) in [4.78, 5) is 33.1. The van der Waals surface area contributed by atoms with Gasteiger partial charge >= 0.3 is 11.4 Å². The van der Waals surface area contributed by atoms with Crippen molar-refractivity contribution in [1.82, 2.24) is 0 Å². The number of alkyl halides is 2. The minimum Gasteiger partial charge on any atom is -0.298 e. The SMILES string of the molecule is O=C(C(CBr)c1cccc([N+](=O)[O-])c1F)C(CBr)c1cccc([N+](=O)[O-])c1F. The largest absolute Gasteiger partial charge is 0.305 e. The Bertz CT molecular complexity index is 868. The molecule has 2 unspecified atom stereocenters. The molecule has 0 radical (unpaired) electrons. The fourth-order valence-electron chi connectivity index (χ4n) is 2.76. The van der Waals surface area contributed by atoms with Crippen LogP contribution in [0.5, 0.6) is 0 Å². The highest BCUT2D eigenvalue weighted by molar-refractivity contribution is 9.09. The topological polar surface area (TPSA) is 103 Å². The third-order valence-corrected chi connectivity index (χ3v) is 5.45. The summed E-state index contributed by atoms with van der Waals surface area (Å²) in [6, 6.07) is 6.91. The molecular formula is C17H12Br2F2N2O5. The summed E-state index contributed by atoms with van der Waals surface area (Å²) in [6.45, 7) is 0. The van der Waals surface area contributed by atoms with Crippen LogP contribution < -0.4 is 0 Å². The van der Waals surface area contributed by atoms with Crippen molar-refractivity contribution in [2.24, 2.45) is 0 Å². The number of rotatable bonds is 8. The lowest BCUT2D eigenvalue weighted by Gasteiger charge is -2.21. The van der Waals surface area contributed by atoms with E-state index in [0.29, 0.717) is 0 Å². The summed E-state index contributed by atoms with van der Waals surface area (Å²) in [7, 11) is 0. The summed E-state index contributed by atoms with van der Waals surface area (Å²) in [5, 5.41) is 21.8. The van der Waals surface area contributed by atoms with Crippen molar-refractivity contribution in [3.8, 4) is 0 Å². The Morgan fingerprint density at radius 2 is 1.21 bits per heavy atom. The van der Waals surface area contributed by atoms with Crippen LogP contribution in [0.3, 0.4) is 0 Å². The molecule has 11 heteroatoms. The zero-order valence-electron chi connectivity index (χ0n) is 14.0. The summed E-state index contributed by atoms with van der Waals surface area (Å²) in [5.74, 6) is -5.29. The van der Waals surface area contributed by atoms with Crippen LogP contribution in [-0.4, -0.2) is 26.3 Å². The van der Waals surface area contributed by atoms with E-state index >= 15 is 0 Å². The Balaban J connectivity index is 2.53. The number of carbonyl (C=O) groups excluding carboxylic acids is 1. The quantitative estimate of drug-likeness (QED) is 0.276. The van der Waals surface area contributed by atoms with Gasteiger partial charge in [0, 0.05) is 33.9 Å². The van der Waals surface area contributed by atoms with Gasteiger partial charge in [0.25, 0.3) is 0 Å². The van der Waals surface area contributed by atoms with E-state index in [1.165, 1.54) is 24.3 Å². The summed E-state index contributed by atoms with van der Waals surface area (Å²) < 4.78 is 29.1. The van der Waals surface area contributed by atoms with E-state index in [1.54, 1.807) is 0 Å². The van der Waals surface area contributed by atoms with E-state index < -0.39 is 50.5 Å². The first-order valence-electron chi connectivity index (χ1n) is 7.75. The second-order valence-corrected chi connectivity index (χ2v) is 6.99.